The van der Waals surface area contributed by atoms with Crippen molar-refractivity contribution in [1.82, 2.24) is 5.32 Å². The SMILES string of the molecule is C/C=C/C[C@H]1NC(=O)C[C@@H]1OC(=O)OCOC(=O)CCC(=O)OCCCCCC(=O)OCCCCCC(=O)OCC(=O)[C@@]1(O)CCC2C3CCC4=CC(=O)C=C[C@]4(C)C3[C@@H](O)C[C@@]21C. The maximum Gasteiger partial charge on any atom is 0.511 e. The highest BCUT2D eigenvalue weighted by atomic mass is 16.8. The van der Waals surface area contributed by atoms with Crippen molar-refractivity contribution in [3.63, 3.8) is 0 Å². The highest BCUT2D eigenvalue weighted by molar-refractivity contribution is 6.01. The Balaban J connectivity index is 0.846. The summed E-state index contributed by atoms with van der Waals surface area (Å²) in [6.07, 6.45) is 12.3. The molecule has 3 N–H and O–H groups in total. The Bertz CT molecular complexity index is 1840. The number of Topliss-reactive ketones (excluding diaryl/α,β-unsaturated/α-hetero) is 1. The molecule has 354 valence electrons. The van der Waals surface area contributed by atoms with E-state index in [1.807, 2.05) is 32.1 Å². The molecule has 17 heteroatoms. The van der Waals surface area contributed by atoms with Gasteiger partial charge in [0.25, 0.3) is 0 Å². The molecule has 1 amide bonds. The standard InChI is InChI=1S/C47H65NO16/c1-4-5-12-34-36(26-38(52)48-34)64-44(57)63-29-62-42(56)18-17-41(55)60-24-11-6-8-13-39(53)59-23-10-7-9-14-40(54)61-28-37(51)47(58)22-20-33-32-16-15-30-25-31(49)19-21-45(30,2)43(32)35(50)27-46(33,47)3/h4-5,19,21,25,32-36,43,50,58H,6-18,20,22-24,26-29H2,1-3H3,(H,48,52)/b5-4+/t32?,33?,34-,35+,36+,43?,45+,46+,47+/m1/s1. The van der Waals surface area contributed by atoms with Gasteiger partial charge in [0.2, 0.25) is 18.5 Å². The minimum Gasteiger partial charge on any atom is -0.466 e. The summed E-state index contributed by atoms with van der Waals surface area (Å²) in [4.78, 5) is 97.7. The minimum atomic E-state index is -1.73. The first kappa shape index (κ1) is 50.1. The van der Waals surface area contributed by atoms with Gasteiger partial charge in [-0.1, -0.05) is 37.6 Å². The number of allylic oxidation sites excluding steroid dienone is 5. The van der Waals surface area contributed by atoms with Crippen LogP contribution in [0.5, 0.6) is 0 Å². The molecule has 0 aromatic heterocycles. The summed E-state index contributed by atoms with van der Waals surface area (Å²) in [5, 5.41) is 26.2. The average Bonchev–Trinajstić information content (AvgIpc) is 3.74. The molecule has 9 atom stereocenters. The van der Waals surface area contributed by atoms with E-state index >= 15 is 0 Å². The zero-order chi connectivity index (χ0) is 46.5. The molecule has 0 spiro atoms. The van der Waals surface area contributed by atoms with Gasteiger partial charge in [0, 0.05) is 29.6 Å². The van der Waals surface area contributed by atoms with Crippen LogP contribution in [0.4, 0.5) is 4.79 Å². The fourth-order valence-corrected chi connectivity index (χ4v) is 10.6. The topological polar surface area (TPSA) is 244 Å². The van der Waals surface area contributed by atoms with Crippen LogP contribution in [0.15, 0.2) is 36.0 Å². The normalized spacial score (nSPS) is 30.3. The Labute approximate surface area is 374 Å². The van der Waals surface area contributed by atoms with Gasteiger partial charge in [-0.25, -0.2) is 4.79 Å². The quantitative estimate of drug-likeness (QED) is 0.0403. The number of carbonyl (C=O) groups excluding carboxylic acids is 8. The number of unbranched alkanes of at least 4 members (excludes halogenated alkanes) is 4. The predicted octanol–water partition coefficient (Wildman–Crippen LogP) is 4.97. The van der Waals surface area contributed by atoms with Crippen LogP contribution in [0.25, 0.3) is 0 Å². The summed E-state index contributed by atoms with van der Waals surface area (Å²) in [7, 11) is 0. The van der Waals surface area contributed by atoms with Gasteiger partial charge >= 0.3 is 30.0 Å². The lowest BCUT2D eigenvalue weighted by Gasteiger charge is -2.59. The van der Waals surface area contributed by atoms with Gasteiger partial charge < -0.3 is 44.0 Å². The van der Waals surface area contributed by atoms with Crippen molar-refractivity contribution < 1.29 is 77.0 Å². The van der Waals surface area contributed by atoms with E-state index in [1.165, 1.54) is 0 Å². The average molecular weight is 900 g/mol. The fourth-order valence-electron chi connectivity index (χ4n) is 10.6. The first-order valence-corrected chi connectivity index (χ1v) is 22.7. The molecule has 64 heavy (non-hydrogen) atoms. The summed E-state index contributed by atoms with van der Waals surface area (Å²) in [5.41, 5.74) is -2.03. The number of aliphatic hydroxyl groups is 2. The first-order chi connectivity index (χ1) is 30.5. The van der Waals surface area contributed by atoms with Gasteiger partial charge in [-0.2, -0.15) is 0 Å². The van der Waals surface area contributed by atoms with Gasteiger partial charge in [-0.15, -0.1) is 0 Å². The third kappa shape index (κ3) is 12.5. The zero-order valence-electron chi connectivity index (χ0n) is 37.3. The third-order valence-corrected chi connectivity index (χ3v) is 14.0. The van der Waals surface area contributed by atoms with E-state index in [0.29, 0.717) is 51.4 Å². The number of ketones is 2. The monoisotopic (exact) mass is 899 g/mol. The maximum absolute atomic E-state index is 13.5. The molecule has 0 radical (unpaired) electrons. The fraction of sp³-hybridized carbons (Fsp3) is 0.702. The molecule has 1 heterocycles. The molecule has 1 saturated heterocycles. The number of aliphatic hydroxyl groups excluding tert-OH is 1. The molecule has 0 aromatic carbocycles. The van der Waals surface area contributed by atoms with E-state index in [0.717, 1.165) is 18.4 Å². The highest BCUT2D eigenvalue weighted by Crippen LogP contribution is 2.67. The molecule has 17 nitrogen and oxygen atoms in total. The van der Waals surface area contributed by atoms with Crippen LogP contribution in [0.2, 0.25) is 0 Å². The highest BCUT2D eigenvalue weighted by Gasteiger charge is 2.68. The summed E-state index contributed by atoms with van der Waals surface area (Å²) >= 11 is 0. The molecule has 1 aliphatic heterocycles. The number of hydrogen-bond donors (Lipinski definition) is 3. The van der Waals surface area contributed by atoms with Crippen molar-refractivity contribution in [2.75, 3.05) is 26.6 Å². The van der Waals surface area contributed by atoms with Crippen LogP contribution in [-0.4, -0.2) is 108 Å². The number of hydrogen-bond acceptors (Lipinski definition) is 16. The number of fused-ring (bicyclic) bond motifs is 5. The smallest absolute Gasteiger partial charge is 0.466 e. The van der Waals surface area contributed by atoms with Crippen molar-refractivity contribution >= 4 is 47.5 Å². The van der Waals surface area contributed by atoms with Gasteiger partial charge in [0.1, 0.15) is 11.7 Å². The third-order valence-electron chi connectivity index (χ3n) is 14.0. The van der Waals surface area contributed by atoms with Crippen LogP contribution in [0.3, 0.4) is 0 Å². The first-order valence-electron chi connectivity index (χ1n) is 22.7. The number of esters is 4. The van der Waals surface area contributed by atoms with Crippen LogP contribution in [-0.2, 0) is 62.0 Å². The van der Waals surface area contributed by atoms with Gasteiger partial charge in [0.15, 0.2) is 12.4 Å². The second-order valence-electron chi connectivity index (χ2n) is 18.1. The van der Waals surface area contributed by atoms with Crippen LogP contribution in [0.1, 0.15) is 130 Å². The molecular weight excluding hydrogens is 835 g/mol. The summed E-state index contributed by atoms with van der Waals surface area (Å²) < 4.78 is 30.4. The number of nitrogens with one attached hydrogen (secondary N) is 1. The summed E-state index contributed by atoms with van der Waals surface area (Å²) in [6, 6.07) is -0.377. The number of rotatable bonds is 23. The zero-order valence-corrected chi connectivity index (χ0v) is 37.3. The van der Waals surface area contributed by atoms with Crippen molar-refractivity contribution in [1.29, 1.82) is 0 Å². The van der Waals surface area contributed by atoms with Crippen molar-refractivity contribution in [2.24, 2.45) is 28.6 Å². The number of carbonyl (C=O) groups is 8. The lowest BCUT2D eigenvalue weighted by molar-refractivity contribution is -0.181. The van der Waals surface area contributed by atoms with E-state index < -0.39 is 71.9 Å². The van der Waals surface area contributed by atoms with Crippen LogP contribution < -0.4 is 5.32 Å². The molecule has 4 fully saturated rings. The lowest BCUT2D eigenvalue weighted by atomic mass is 9.46. The molecule has 5 rings (SSSR count). The molecular formula is C47H65NO16. The van der Waals surface area contributed by atoms with Crippen LogP contribution >= 0.6 is 0 Å². The van der Waals surface area contributed by atoms with Gasteiger partial charge in [0.05, 0.1) is 44.6 Å². The van der Waals surface area contributed by atoms with E-state index in [9.17, 15) is 48.6 Å². The van der Waals surface area contributed by atoms with Crippen molar-refractivity contribution in [3.05, 3.63) is 36.0 Å². The Hall–Kier alpha value is -4.90. The van der Waals surface area contributed by atoms with Crippen LogP contribution in [0, 0.1) is 28.6 Å². The Morgan fingerprint density at radius 3 is 2.14 bits per heavy atom. The Morgan fingerprint density at radius 2 is 1.47 bits per heavy atom. The molecule has 3 saturated carbocycles. The molecule has 3 unspecified atom stereocenters. The van der Waals surface area contributed by atoms with Crippen molar-refractivity contribution in [3.8, 4) is 0 Å². The van der Waals surface area contributed by atoms with E-state index in [4.69, 9.17) is 28.4 Å². The lowest BCUT2D eigenvalue weighted by Crippen LogP contribution is -2.61. The molecule has 0 bridgehead atoms. The number of ether oxygens (including phenoxy) is 6. The second-order valence-corrected chi connectivity index (χ2v) is 18.1. The number of amides is 1. The predicted molar refractivity (Wildman–Crippen MR) is 225 cm³/mol. The van der Waals surface area contributed by atoms with Gasteiger partial charge in [-0.05, 0) is 108 Å². The van der Waals surface area contributed by atoms with E-state index in [-0.39, 0.29) is 99.6 Å². The Kier molecular flexibility index (Phi) is 17.9. The largest absolute Gasteiger partial charge is 0.511 e. The molecule has 5 aliphatic rings. The second kappa shape index (κ2) is 22.8. The maximum atomic E-state index is 13.5. The van der Waals surface area contributed by atoms with Crippen molar-refractivity contribution in [2.45, 2.75) is 154 Å². The Morgan fingerprint density at radius 1 is 0.828 bits per heavy atom. The molecule has 4 aliphatic carbocycles. The minimum absolute atomic E-state index is 0.00151. The summed E-state index contributed by atoms with van der Waals surface area (Å²) in [5.74, 6) is -3.22. The van der Waals surface area contributed by atoms with E-state index in [2.05, 4.69) is 12.2 Å². The van der Waals surface area contributed by atoms with E-state index in [1.54, 1.807) is 12.2 Å². The summed E-state index contributed by atoms with van der Waals surface area (Å²) in [6.45, 7) is 4.82. The molecule has 0 aromatic rings. The van der Waals surface area contributed by atoms with Gasteiger partial charge in [-0.3, -0.25) is 33.6 Å².